The average molecular weight is 258 g/mol. The lowest BCUT2D eigenvalue weighted by Crippen LogP contribution is -2.11. The minimum Gasteiger partial charge on any atom is -0.478 e. The summed E-state index contributed by atoms with van der Waals surface area (Å²) in [6.07, 6.45) is 1.86. The van der Waals surface area contributed by atoms with Crippen LogP contribution in [-0.4, -0.2) is 17.0 Å². The van der Waals surface area contributed by atoms with Gasteiger partial charge in [0.2, 0.25) is 0 Å². The topological polar surface area (TPSA) is 63.6 Å². The van der Waals surface area contributed by atoms with Gasteiger partial charge in [-0.2, -0.15) is 0 Å². The molecule has 0 heterocycles. The number of carbonyl (C=O) groups excluding carboxylic acids is 1. The van der Waals surface area contributed by atoms with Gasteiger partial charge in [0.05, 0.1) is 11.1 Å². The Labute approximate surface area is 111 Å². The van der Waals surface area contributed by atoms with Gasteiger partial charge in [0, 0.05) is 6.42 Å². The Morgan fingerprint density at radius 3 is 2.58 bits per heavy atom. The molecule has 0 unspecified atom stereocenters. The fourth-order valence-electron chi connectivity index (χ4n) is 1.94. The largest absolute Gasteiger partial charge is 0.478 e. The second-order valence-corrected chi connectivity index (χ2v) is 4.43. The summed E-state index contributed by atoms with van der Waals surface area (Å²) < 4.78 is 5.15. The summed E-state index contributed by atoms with van der Waals surface area (Å²) in [5, 5.41) is 9.03. The molecule has 0 amide bonds. The van der Waals surface area contributed by atoms with Gasteiger partial charge < -0.3 is 9.84 Å². The molecule has 1 aromatic carbocycles. The fraction of sp³-hybridized carbons (Fsp3) is 0.200. The minimum atomic E-state index is -1.09. The monoisotopic (exact) mass is 258 g/mol. The Morgan fingerprint density at radius 2 is 1.95 bits per heavy atom. The zero-order valence-corrected chi connectivity index (χ0v) is 10.6. The van der Waals surface area contributed by atoms with E-state index >= 15 is 0 Å². The highest BCUT2D eigenvalue weighted by Gasteiger charge is 2.25. The molecule has 1 aromatic rings. The zero-order valence-electron chi connectivity index (χ0n) is 10.6. The first-order valence-corrected chi connectivity index (χ1v) is 5.92. The third kappa shape index (κ3) is 3.10. The van der Waals surface area contributed by atoms with Gasteiger partial charge in [-0.1, -0.05) is 35.9 Å². The Kier molecular flexibility index (Phi) is 3.80. The van der Waals surface area contributed by atoms with Crippen molar-refractivity contribution in [1.29, 1.82) is 0 Å². The van der Waals surface area contributed by atoms with Gasteiger partial charge in [-0.3, -0.25) is 0 Å². The van der Waals surface area contributed by atoms with Crippen LogP contribution in [0.5, 0.6) is 0 Å². The van der Waals surface area contributed by atoms with Crippen LogP contribution in [0.2, 0.25) is 0 Å². The van der Waals surface area contributed by atoms with Gasteiger partial charge in [0.25, 0.3) is 0 Å². The summed E-state index contributed by atoms with van der Waals surface area (Å²) in [5.41, 5.74) is 1.98. The number of rotatable bonds is 4. The summed E-state index contributed by atoms with van der Waals surface area (Å²) in [4.78, 5) is 22.9. The van der Waals surface area contributed by atoms with Crippen LogP contribution in [-0.2, 0) is 20.9 Å². The van der Waals surface area contributed by atoms with Crippen LogP contribution in [0.15, 0.2) is 53.1 Å². The SMILES string of the molecule is CC1=CC(C(=O)O)=C(C(=O)OCc2ccccc2)C1. The summed E-state index contributed by atoms with van der Waals surface area (Å²) in [7, 11) is 0. The van der Waals surface area contributed by atoms with Crippen LogP contribution in [0.3, 0.4) is 0 Å². The van der Waals surface area contributed by atoms with Gasteiger partial charge >= 0.3 is 11.9 Å². The molecule has 0 aromatic heterocycles. The van der Waals surface area contributed by atoms with Crippen LogP contribution < -0.4 is 0 Å². The van der Waals surface area contributed by atoms with Crippen molar-refractivity contribution >= 4 is 11.9 Å². The van der Waals surface area contributed by atoms with Crippen molar-refractivity contribution in [1.82, 2.24) is 0 Å². The lowest BCUT2D eigenvalue weighted by molar-refractivity contribution is -0.141. The highest BCUT2D eigenvalue weighted by molar-refractivity contribution is 6.03. The first-order valence-electron chi connectivity index (χ1n) is 5.92. The first-order chi connectivity index (χ1) is 9.08. The van der Waals surface area contributed by atoms with Gasteiger partial charge in [0.1, 0.15) is 6.61 Å². The highest BCUT2D eigenvalue weighted by atomic mass is 16.5. The van der Waals surface area contributed by atoms with Gasteiger partial charge in [0.15, 0.2) is 0 Å². The van der Waals surface area contributed by atoms with E-state index in [9.17, 15) is 9.59 Å². The predicted octanol–water partition coefficient (Wildman–Crippen LogP) is 2.46. The van der Waals surface area contributed by atoms with Crippen LogP contribution >= 0.6 is 0 Å². The Morgan fingerprint density at radius 1 is 1.26 bits per heavy atom. The maximum atomic E-state index is 11.9. The van der Waals surface area contributed by atoms with Crippen LogP contribution in [0.25, 0.3) is 0 Å². The van der Waals surface area contributed by atoms with Gasteiger partial charge in [-0.05, 0) is 18.6 Å². The molecular formula is C15H14O4. The van der Waals surface area contributed by atoms with E-state index in [0.717, 1.165) is 11.1 Å². The summed E-state index contributed by atoms with van der Waals surface area (Å²) in [6, 6.07) is 9.27. The Bertz CT molecular complexity index is 567. The Balaban J connectivity index is 2.05. The van der Waals surface area contributed by atoms with Crippen molar-refractivity contribution in [2.75, 3.05) is 0 Å². The summed E-state index contributed by atoms with van der Waals surface area (Å²) >= 11 is 0. The maximum absolute atomic E-state index is 11.9. The predicted molar refractivity (Wildman–Crippen MR) is 69.3 cm³/mol. The summed E-state index contributed by atoms with van der Waals surface area (Å²) in [6.45, 7) is 1.94. The average Bonchev–Trinajstić information content (AvgIpc) is 2.79. The van der Waals surface area contributed by atoms with Crippen molar-refractivity contribution in [2.45, 2.75) is 20.0 Å². The highest BCUT2D eigenvalue weighted by Crippen LogP contribution is 2.26. The number of aliphatic carboxylic acids is 1. The number of carbonyl (C=O) groups is 2. The lowest BCUT2D eigenvalue weighted by atomic mass is 10.1. The van der Waals surface area contributed by atoms with E-state index < -0.39 is 11.9 Å². The second-order valence-electron chi connectivity index (χ2n) is 4.43. The molecule has 0 atom stereocenters. The fourth-order valence-corrected chi connectivity index (χ4v) is 1.94. The number of esters is 1. The summed E-state index contributed by atoms with van der Waals surface area (Å²) in [5.74, 6) is -1.65. The normalized spacial score (nSPS) is 14.3. The Hall–Kier alpha value is -2.36. The number of allylic oxidation sites excluding steroid dienone is 1. The molecule has 4 heteroatoms. The molecule has 0 fully saturated rings. The molecule has 1 N–H and O–H groups in total. The van der Waals surface area contributed by atoms with E-state index in [4.69, 9.17) is 9.84 Å². The number of carboxylic acid groups (broad SMARTS) is 1. The second kappa shape index (κ2) is 5.52. The molecule has 1 aliphatic rings. The number of carboxylic acids is 1. The zero-order chi connectivity index (χ0) is 13.8. The molecule has 0 spiro atoms. The number of hydrogen-bond acceptors (Lipinski definition) is 3. The van der Waals surface area contributed by atoms with Gasteiger partial charge in [-0.15, -0.1) is 0 Å². The number of ether oxygens (including phenoxy) is 1. The molecular weight excluding hydrogens is 244 g/mol. The minimum absolute atomic E-state index is 0.0376. The van der Waals surface area contributed by atoms with Crippen molar-refractivity contribution < 1.29 is 19.4 Å². The molecule has 0 saturated carbocycles. The smallest absolute Gasteiger partial charge is 0.336 e. The molecule has 19 heavy (non-hydrogen) atoms. The lowest BCUT2D eigenvalue weighted by Gasteiger charge is -2.06. The molecule has 0 aliphatic heterocycles. The van der Waals surface area contributed by atoms with Crippen molar-refractivity contribution in [3.8, 4) is 0 Å². The number of hydrogen-bond donors (Lipinski definition) is 1. The molecule has 98 valence electrons. The van der Waals surface area contributed by atoms with E-state index in [0.29, 0.717) is 6.42 Å². The first kappa shape index (κ1) is 13.1. The van der Waals surface area contributed by atoms with Crippen molar-refractivity contribution in [3.63, 3.8) is 0 Å². The quantitative estimate of drug-likeness (QED) is 0.842. The molecule has 1 aliphatic carbocycles. The molecule has 0 bridgehead atoms. The number of benzene rings is 1. The van der Waals surface area contributed by atoms with Crippen LogP contribution in [0.4, 0.5) is 0 Å². The molecule has 2 rings (SSSR count). The van der Waals surface area contributed by atoms with Crippen molar-refractivity contribution in [2.24, 2.45) is 0 Å². The van der Waals surface area contributed by atoms with E-state index in [1.807, 2.05) is 30.3 Å². The standard InChI is InChI=1S/C15H14O4/c1-10-7-12(14(16)17)13(8-10)15(18)19-9-11-5-3-2-4-6-11/h2-7H,8-9H2,1H3,(H,16,17). The molecule has 0 radical (unpaired) electrons. The van der Waals surface area contributed by atoms with Crippen LogP contribution in [0.1, 0.15) is 18.9 Å². The van der Waals surface area contributed by atoms with Crippen LogP contribution in [0, 0.1) is 0 Å². The molecule has 0 saturated heterocycles. The molecule has 4 nitrogen and oxygen atoms in total. The van der Waals surface area contributed by atoms with E-state index in [-0.39, 0.29) is 17.8 Å². The van der Waals surface area contributed by atoms with Crippen molar-refractivity contribution in [3.05, 3.63) is 58.7 Å². The van der Waals surface area contributed by atoms with E-state index in [1.54, 1.807) is 6.92 Å². The third-order valence-electron chi connectivity index (χ3n) is 2.86. The van der Waals surface area contributed by atoms with E-state index in [2.05, 4.69) is 0 Å². The van der Waals surface area contributed by atoms with Gasteiger partial charge in [-0.25, -0.2) is 9.59 Å². The third-order valence-corrected chi connectivity index (χ3v) is 2.86. The maximum Gasteiger partial charge on any atom is 0.336 e. The van der Waals surface area contributed by atoms with E-state index in [1.165, 1.54) is 6.08 Å².